The zero-order chi connectivity index (χ0) is 21.1. The number of methoxy groups -OCH3 is 1. The van der Waals surface area contributed by atoms with Gasteiger partial charge in [-0.1, -0.05) is 29.3 Å². The van der Waals surface area contributed by atoms with E-state index < -0.39 is 0 Å². The molecule has 1 fully saturated rings. The predicted octanol–water partition coefficient (Wildman–Crippen LogP) is 3.73. The molecule has 0 unspecified atom stereocenters. The summed E-state index contributed by atoms with van der Waals surface area (Å²) in [6.45, 7) is 6.87. The summed E-state index contributed by atoms with van der Waals surface area (Å²) in [7, 11) is 1.65. The summed E-state index contributed by atoms with van der Waals surface area (Å²) in [6.07, 6.45) is 0. The Hall–Kier alpha value is -3.41. The lowest BCUT2D eigenvalue weighted by Gasteiger charge is -2.35. The van der Waals surface area contributed by atoms with Gasteiger partial charge < -0.3 is 14.5 Å². The third-order valence-electron chi connectivity index (χ3n) is 5.38. The van der Waals surface area contributed by atoms with E-state index in [1.54, 1.807) is 7.11 Å². The van der Waals surface area contributed by atoms with Crippen LogP contribution < -0.4 is 9.64 Å². The van der Waals surface area contributed by atoms with Crippen molar-refractivity contribution in [2.24, 2.45) is 0 Å². The van der Waals surface area contributed by atoms with E-state index in [-0.39, 0.29) is 5.91 Å². The summed E-state index contributed by atoms with van der Waals surface area (Å²) in [4.78, 5) is 17.0. The van der Waals surface area contributed by atoms with Gasteiger partial charge in [0.05, 0.1) is 12.8 Å². The maximum Gasteiger partial charge on any atom is 0.253 e. The monoisotopic (exact) mass is 402 g/mol. The van der Waals surface area contributed by atoms with Gasteiger partial charge in [0, 0.05) is 37.3 Å². The molecule has 0 N–H and O–H groups in total. The molecule has 3 aromatic rings. The van der Waals surface area contributed by atoms with E-state index in [0.29, 0.717) is 13.1 Å². The highest BCUT2D eigenvalue weighted by molar-refractivity contribution is 5.94. The lowest BCUT2D eigenvalue weighted by Crippen LogP contribution is -2.49. The Morgan fingerprint density at radius 2 is 1.63 bits per heavy atom. The highest BCUT2D eigenvalue weighted by Crippen LogP contribution is 2.23. The molecule has 2 heterocycles. The quantitative estimate of drug-likeness (QED) is 0.666. The van der Waals surface area contributed by atoms with Crippen molar-refractivity contribution < 1.29 is 9.53 Å². The van der Waals surface area contributed by atoms with E-state index in [0.717, 1.165) is 52.6 Å². The highest BCUT2D eigenvalue weighted by Gasteiger charge is 2.23. The molecule has 0 atom stereocenters. The van der Waals surface area contributed by atoms with Crippen LogP contribution in [0.5, 0.6) is 5.75 Å². The summed E-state index contributed by atoms with van der Waals surface area (Å²) in [5, 5.41) is 8.81. The van der Waals surface area contributed by atoms with Crippen molar-refractivity contribution in [3.05, 3.63) is 71.3 Å². The van der Waals surface area contributed by atoms with Gasteiger partial charge in [-0.2, -0.15) is 0 Å². The van der Waals surface area contributed by atoms with Crippen LogP contribution in [0.25, 0.3) is 11.3 Å². The zero-order valence-corrected chi connectivity index (χ0v) is 17.6. The SMILES string of the molecule is COc1cccc(-c2ccc(N3CCN(C(=O)c4cc(C)cc(C)c4)CC3)nn2)c1. The lowest BCUT2D eigenvalue weighted by atomic mass is 10.1. The Bertz CT molecular complexity index is 1020. The minimum atomic E-state index is 0.0981. The van der Waals surface area contributed by atoms with Gasteiger partial charge in [-0.3, -0.25) is 4.79 Å². The van der Waals surface area contributed by atoms with E-state index in [9.17, 15) is 4.79 Å². The molecule has 1 aliphatic rings. The molecule has 2 aromatic carbocycles. The molecule has 0 saturated carbocycles. The van der Waals surface area contributed by atoms with Crippen LogP contribution in [-0.2, 0) is 0 Å². The van der Waals surface area contributed by atoms with Gasteiger partial charge >= 0.3 is 0 Å². The van der Waals surface area contributed by atoms with Crippen molar-refractivity contribution in [2.45, 2.75) is 13.8 Å². The third-order valence-corrected chi connectivity index (χ3v) is 5.38. The largest absolute Gasteiger partial charge is 0.497 e. The highest BCUT2D eigenvalue weighted by atomic mass is 16.5. The topological polar surface area (TPSA) is 58.6 Å². The number of hydrogen-bond donors (Lipinski definition) is 0. The minimum absolute atomic E-state index is 0.0981. The van der Waals surface area contributed by atoms with E-state index >= 15 is 0 Å². The average Bonchev–Trinajstić information content (AvgIpc) is 2.78. The van der Waals surface area contributed by atoms with Gasteiger partial charge in [-0.05, 0) is 50.2 Å². The van der Waals surface area contributed by atoms with E-state index in [4.69, 9.17) is 4.74 Å². The van der Waals surface area contributed by atoms with Crippen LogP contribution in [-0.4, -0.2) is 54.3 Å². The number of piperazine rings is 1. The van der Waals surface area contributed by atoms with Crippen molar-refractivity contribution >= 4 is 11.7 Å². The molecule has 1 amide bonds. The van der Waals surface area contributed by atoms with Crippen LogP contribution >= 0.6 is 0 Å². The van der Waals surface area contributed by atoms with Crippen LogP contribution in [0.1, 0.15) is 21.5 Å². The second-order valence-corrected chi connectivity index (χ2v) is 7.66. The Balaban J connectivity index is 1.41. The fraction of sp³-hybridized carbons (Fsp3) is 0.292. The summed E-state index contributed by atoms with van der Waals surface area (Å²) < 4.78 is 5.28. The van der Waals surface area contributed by atoms with E-state index in [1.807, 2.05) is 67.3 Å². The first-order chi connectivity index (χ1) is 14.5. The standard InChI is InChI=1S/C24H26N4O2/c1-17-13-18(2)15-20(14-17)24(29)28-11-9-27(10-12-28)23-8-7-22(25-26-23)19-5-4-6-21(16-19)30-3/h4-8,13-16H,9-12H2,1-3H3. The van der Waals surface area contributed by atoms with E-state index in [2.05, 4.69) is 21.2 Å². The number of anilines is 1. The molecule has 0 radical (unpaired) electrons. The molecule has 0 aliphatic carbocycles. The zero-order valence-electron chi connectivity index (χ0n) is 17.6. The van der Waals surface area contributed by atoms with Crippen molar-refractivity contribution in [1.29, 1.82) is 0 Å². The Labute approximate surface area is 177 Å². The fourth-order valence-corrected chi connectivity index (χ4v) is 3.85. The summed E-state index contributed by atoms with van der Waals surface area (Å²) in [5.74, 6) is 1.73. The first-order valence-corrected chi connectivity index (χ1v) is 10.1. The predicted molar refractivity (Wildman–Crippen MR) is 118 cm³/mol. The number of rotatable bonds is 4. The number of aromatic nitrogens is 2. The minimum Gasteiger partial charge on any atom is -0.497 e. The normalized spacial score (nSPS) is 14.0. The molecular formula is C24H26N4O2. The first kappa shape index (κ1) is 19.9. The van der Waals surface area contributed by atoms with Gasteiger partial charge in [0.25, 0.3) is 5.91 Å². The second kappa shape index (κ2) is 8.53. The molecule has 1 saturated heterocycles. The molecule has 6 nitrogen and oxygen atoms in total. The smallest absolute Gasteiger partial charge is 0.253 e. The molecule has 1 aliphatic heterocycles. The third kappa shape index (κ3) is 4.27. The van der Waals surface area contributed by atoms with Crippen molar-refractivity contribution in [1.82, 2.24) is 15.1 Å². The molecular weight excluding hydrogens is 376 g/mol. The molecule has 30 heavy (non-hydrogen) atoms. The number of amides is 1. The maximum atomic E-state index is 12.9. The Morgan fingerprint density at radius 3 is 2.27 bits per heavy atom. The van der Waals surface area contributed by atoms with Gasteiger partial charge in [0.15, 0.2) is 5.82 Å². The van der Waals surface area contributed by atoms with Crippen LogP contribution in [0.4, 0.5) is 5.82 Å². The number of hydrogen-bond acceptors (Lipinski definition) is 5. The molecule has 6 heteroatoms. The van der Waals surface area contributed by atoms with Crippen LogP contribution in [0.3, 0.4) is 0 Å². The molecule has 0 spiro atoms. The Morgan fingerprint density at radius 1 is 0.900 bits per heavy atom. The molecule has 154 valence electrons. The van der Waals surface area contributed by atoms with Crippen LogP contribution in [0.2, 0.25) is 0 Å². The van der Waals surface area contributed by atoms with Gasteiger partial charge in [-0.15, -0.1) is 10.2 Å². The molecule has 4 rings (SSSR count). The number of nitrogens with zero attached hydrogens (tertiary/aromatic N) is 4. The van der Waals surface area contributed by atoms with Gasteiger partial charge in [0.2, 0.25) is 0 Å². The van der Waals surface area contributed by atoms with Gasteiger partial charge in [-0.25, -0.2) is 0 Å². The fourth-order valence-electron chi connectivity index (χ4n) is 3.85. The number of ether oxygens (including phenoxy) is 1. The van der Waals surface area contributed by atoms with Crippen LogP contribution in [0, 0.1) is 13.8 Å². The number of benzene rings is 2. The maximum absolute atomic E-state index is 12.9. The van der Waals surface area contributed by atoms with Crippen molar-refractivity contribution in [3.63, 3.8) is 0 Å². The lowest BCUT2D eigenvalue weighted by molar-refractivity contribution is 0.0746. The second-order valence-electron chi connectivity index (χ2n) is 7.66. The summed E-state index contributed by atoms with van der Waals surface area (Å²) in [5.41, 5.74) is 4.77. The molecule has 0 bridgehead atoms. The van der Waals surface area contributed by atoms with Crippen molar-refractivity contribution in [3.8, 4) is 17.0 Å². The number of aryl methyl sites for hydroxylation is 2. The van der Waals surface area contributed by atoms with Crippen molar-refractivity contribution in [2.75, 3.05) is 38.2 Å². The summed E-state index contributed by atoms with van der Waals surface area (Å²) >= 11 is 0. The van der Waals surface area contributed by atoms with E-state index in [1.165, 1.54) is 0 Å². The first-order valence-electron chi connectivity index (χ1n) is 10.1. The number of carbonyl (C=O) groups excluding carboxylic acids is 1. The summed E-state index contributed by atoms with van der Waals surface area (Å²) in [6, 6.07) is 17.8. The average molecular weight is 402 g/mol. The Kier molecular flexibility index (Phi) is 5.65. The number of carbonyl (C=O) groups is 1. The van der Waals surface area contributed by atoms with Crippen LogP contribution in [0.15, 0.2) is 54.6 Å². The van der Waals surface area contributed by atoms with Gasteiger partial charge in [0.1, 0.15) is 5.75 Å². The molecule has 1 aromatic heterocycles.